The Morgan fingerprint density at radius 2 is 1.70 bits per heavy atom. The molecule has 104 valence electrons. The van der Waals surface area contributed by atoms with Crippen molar-refractivity contribution in [3.8, 4) is 5.75 Å². The zero-order chi connectivity index (χ0) is 14.5. The number of carbonyl (C=O) groups is 1. The summed E-state index contributed by atoms with van der Waals surface area (Å²) in [6.45, 7) is 1.73. The van der Waals surface area contributed by atoms with E-state index in [1.165, 1.54) is 0 Å². The zero-order valence-corrected chi connectivity index (χ0v) is 11.6. The topological polar surface area (TPSA) is 55.6 Å². The highest BCUT2D eigenvalue weighted by molar-refractivity contribution is 5.95. The van der Waals surface area contributed by atoms with Crippen LogP contribution in [0.3, 0.4) is 0 Å². The number of nitrogens with zero attached hydrogens (tertiary/aromatic N) is 1. The summed E-state index contributed by atoms with van der Waals surface area (Å²) in [4.78, 5) is 13.9. The lowest BCUT2D eigenvalue weighted by Crippen LogP contribution is -2.37. The molecule has 0 aliphatic carbocycles. The largest absolute Gasteiger partial charge is 0.481 e. The maximum absolute atomic E-state index is 12.3. The second kappa shape index (κ2) is 6.10. The molecule has 0 fully saturated rings. The van der Waals surface area contributed by atoms with Crippen LogP contribution in [0.4, 0.5) is 11.4 Å². The van der Waals surface area contributed by atoms with Crippen molar-refractivity contribution in [1.29, 1.82) is 0 Å². The first-order valence-electron chi connectivity index (χ1n) is 6.43. The van der Waals surface area contributed by atoms with Crippen molar-refractivity contribution in [2.45, 2.75) is 13.0 Å². The number of benzene rings is 2. The highest BCUT2D eigenvalue weighted by atomic mass is 16.5. The molecule has 20 heavy (non-hydrogen) atoms. The number of rotatable bonds is 4. The van der Waals surface area contributed by atoms with Crippen molar-refractivity contribution in [2.24, 2.45) is 0 Å². The Kier molecular flexibility index (Phi) is 4.25. The highest BCUT2D eigenvalue weighted by Crippen LogP contribution is 2.17. The minimum atomic E-state index is -0.566. The normalized spacial score (nSPS) is 11.7. The number of ether oxygens (including phenoxy) is 1. The van der Waals surface area contributed by atoms with E-state index in [-0.39, 0.29) is 5.91 Å². The molecule has 0 aromatic heterocycles. The molecule has 0 bridgehead atoms. The molecular formula is C16H18N2O2. The standard InChI is InChI=1S/C16H18N2O2/c1-12(20-15-10-8-13(17)9-11-15)16(19)18(2)14-6-4-3-5-7-14/h3-12H,17H2,1-2H3. The Labute approximate surface area is 118 Å². The number of anilines is 2. The van der Waals surface area contributed by atoms with Gasteiger partial charge in [-0.1, -0.05) is 18.2 Å². The quantitative estimate of drug-likeness (QED) is 0.869. The van der Waals surface area contributed by atoms with Crippen LogP contribution >= 0.6 is 0 Å². The lowest BCUT2D eigenvalue weighted by atomic mass is 10.2. The van der Waals surface area contributed by atoms with Crippen molar-refractivity contribution >= 4 is 17.3 Å². The summed E-state index contributed by atoms with van der Waals surface area (Å²) >= 11 is 0. The Hall–Kier alpha value is -2.49. The average molecular weight is 270 g/mol. The molecule has 1 unspecified atom stereocenters. The molecule has 2 N–H and O–H groups in total. The Morgan fingerprint density at radius 3 is 2.30 bits per heavy atom. The summed E-state index contributed by atoms with van der Waals surface area (Å²) in [6, 6.07) is 16.5. The van der Waals surface area contributed by atoms with Gasteiger partial charge >= 0.3 is 0 Å². The number of likely N-dealkylation sites (N-methyl/N-ethyl adjacent to an activating group) is 1. The van der Waals surface area contributed by atoms with Crippen LogP contribution in [0, 0.1) is 0 Å². The van der Waals surface area contributed by atoms with Gasteiger partial charge in [-0.15, -0.1) is 0 Å². The van der Waals surface area contributed by atoms with Crippen LogP contribution in [0.5, 0.6) is 5.75 Å². The molecule has 2 rings (SSSR count). The number of nitrogen functional groups attached to an aromatic ring is 1. The Bertz CT molecular complexity index is 567. The van der Waals surface area contributed by atoms with E-state index in [2.05, 4.69) is 0 Å². The summed E-state index contributed by atoms with van der Waals surface area (Å²) in [5.74, 6) is 0.523. The fraction of sp³-hybridized carbons (Fsp3) is 0.188. The summed E-state index contributed by atoms with van der Waals surface area (Å²) in [6.07, 6.45) is -0.566. The van der Waals surface area contributed by atoms with Crippen molar-refractivity contribution in [3.05, 3.63) is 54.6 Å². The van der Waals surface area contributed by atoms with E-state index in [0.29, 0.717) is 11.4 Å². The van der Waals surface area contributed by atoms with Gasteiger partial charge in [-0.2, -0.15) is 0 Å². The first kappa shape index (κ1) is 13.9. The number of hydrogen-bond acceptors (Lipinski definition) is 3. The Balaban J connectivity index is 2.03. The molecular weight excluding hydrogens is 252 g/mol. The molecule has 0 saturated carbocycles. The minimum Gasteiger partial charge on any atom is -0.481 e. The lowest BCUT2D eigenvalue weighted by molar-refractivity contribution is -0.124. The Morgan fingerprint density at radius 1 is 1.10 bits per heavy atom. The highest BCUT2D eigenvalue weighted by Gasteiger charge is 2.20. The molecule has 1 amide bonds. The van der Waals surface area contributed by atoms with Crippen LogP contribution in [0.1, 0.15) is 6.92 Å². The van der Waals surface area contributed by atoms with Gasteiger partial charge in [0.05, 0.1) is 0 Å². The molecule has 2 aromatic carbocycles. The fourth-order valence-electron chi connectivity index (χ4n) is 1.85. The second-order valence-corrected chi connectivity index (χ2v) is 4.56. The third-order valence-electron chi connectivity index (χ3n) is 3.01. The van der Waals surface area contributed by atoms with Crippen LogP contribution in [-0.4, -0.2) is 19.1 Å². The van der Waals surface area contributed by atoms with E-state index in [9.17, 15) is 4.79 Å². The van der Waals surface area contributed by atoms with E-state index in [1.54, 1.807) is 43.1 Å². The van der Waals surface area contributed by atoms with E-state index in [1.807, 2.05) is 30.3 Å². The molecule has 0 aliphatic heterocycles. The van der Waals surface area contributed by atoms with Crippen LogP contribution < -0.4 is 15.4 Å². The SMILES string of the molecule is CC(Oc1ccc(N)cc1)C(=O)N(C)c1ccccc1. The third-order valence-corrected chi connectivity index (χ3v) is 3.01. The summed E-state index contributed by atoms with van der Waals surface area (Å²) in [7, 11) is 1.74. The van der Waals surface area contributed by atoms with E-state index < -0.39 is 6.10 Å². The predicted octanol–water partition coefficient (Wildman–Crippen LogP) is 2.70. The van der Waals surface area contributed by atoms with E-state index in [0.717, 1.165) is 5.69 Å². The summed E-state index contributed by atoms with van der Waals surface area (Å²) in [5.41, 5.74) is 7.11. The average Bonchev–Trinajstić information content (AvgIpc) is 2.49. The third kappa shape index (κ3) is 3.29. The van der Waals surface area contributed by atoms with Gasteiger partial charge in [-0.3, -0.25) is 4.79 Å². The summed E-state index contributed by atoms with van der Waals surface area (Å²) < 4.78 is 5.63. The molecule has 0 aliphatic rings. The van der Waals surface area contributed by atoms with Gasteiger partial charge in [0.15, 0.2) is 6.10 Å². The molecule has 1 atom stereocenters. The van der Waals surface area contributed by atoms with Crippen LogP contribution in [0.25, 0.3) is 0 Å². The molecule has 2 aromatic rings. The van der Waals surface area contributed by atoms with Crippen LogP contribution in [-0.2, 0) is 4.79 Å². The molecule has 4 nitrogen and oxygen atoms in total. The zero-order valence-electron chi connectivity index (χ0n) is 11.6. The smallest absolute Gasteiger partial charge is 0.267 e. The first-order valence-corrected chi connectivity index (χ1v) is 6.43. The molecule has 0 saturated heterocycles. The number of nitrogens with two attached hydrogens (primary N) is 1. The van der Waals surface area contributed by atoms with Gasteiger partial charge < -0.3 is 15.4 Å². The number of amides is 1. The lowest BCUT2D eigenvalue weighted by Gasteiger charge is -2.22. The van der Waals surface area contributed by atoms with E-state index in [4.69, 9.17) is 10.5 Å². The van der Waals surface area contributed by atoms with Gasteiger partial charge in [-0.05, 0) is 43.3 Å². The van der Waals surface area contributed by atoms with Crippen molar-refractivity contribution in [1.82, 2.24) is 0 Å². The van der Waals surface area contributed by atoms with Crippen molar-refractivity contribution in [2.75, 3.05) is 17.7 Å². The molecule has 4 heteroatoms. The predicted molar refractivity (Wildman–Crippen MR) is 80.8 cm³/mol. The number of carbonyl (C=O) groups excluding carboxylic acids is 1. The van der Waals surface area contributed by atoms with Gasteiger partial charge in [0.1, 0.15) is 5.75 Å². The molecule has 0 heterocycles. The van der Waals surface area contributed by atoms with Gasteiger partial charge in [0.25, 0.3) is 5.91 Å². The molecule has 0 spiro atoms. The minimum absolute atomic E-state index is 0.104. The first-order chi connectivity index (χ1) is 9.58. The van der Waals surface area contributed by atoms with Crippen LogP contribution in [0.15, 0.2) is 54.6 Å². The fourth-order valence-corrected chi connectivity index (χ4v) is 1.85. The van der Waals surface area contributed by atoms with Crippen molar-refractivity contribution in [3.63, 3.8) is 0 Å². The van der Waals surface area contributed by atoms with Crippen molar-refractivity contribution < 1.29 is 9.53 Å². The maximum Gasteiger partial charge on any atom is 0.267 e. The number of para-hydroxylation sites is 1. The molecule has 0 radical (unpaired) electrons. The van der Waals surface area contributed by atoms with Crippen LogP contribution in [0.2, 0.25) is 0 Å². The number of hydrogen-bond donors (Lipinski definition) is 1. The van der Waals surface area contributed by atoms with Gasteiger partial charge in [0, 0.05) is 18.4 Å². The second-order valence-electron chi connectivity index (χ2n) is 4.56. The maximum atomic E-state index is 12.3. The monoisotopic (exact) mass is 270 g/mol. The summed E-state index contributed by atoms with van der Waals surface area (Å²) in [5, 5.41) is 0. The van der Waals surface area contributed by atoms with E-state index >= 15 is 0 Å². The van der Waals surface area contributed by atoms with Gasteiger partial charge in [0.2, 0.25) is 0 Å². The van der Waals surface area contributed by atoms with Gasteiger partial charge in [-0.25, -0.2) is 0 Å².